The monoisotopic (exact) mass is 279 g/mol. The number of likely N-dealkylation sites (N-methyl/N-ethyl adjacent to an activating group) is 1. The van der Waals surface area contributed by atoms with Gasteiger partial charge in [-0.05, 0) is 31.7 Å². The summed E-state index contributed by atoms with van der Waals surface area (Å²) in [6.45, 7) is 9.82. The van der Waals surface area contributed by atoms with Gasteiger partial charge in [0, 0.05) is 12.0 Å². The maximum Gasteiger partial charge on any atom is 0.231 e. The third-order valence-corrected chi connectivity index (χ3v) is 4.66. The van der Waals surface area contributed by atoms with Gasteiger partial charge in [0.15, 0.2) is 5.82 Å². The van der Waals surface area contributed by atoms with Crippen molar-refractivity contribution in [3.8, 4) is 0 Å². The molecule has 1 fully saturated rings. The van der Waals surface area contributed by atoms with Crippen LogP contribution in [0.1, 0.15) is 83.3 Å². The van der Waals surface area contributed by atoms with E-state index >= 15 is 0 Å². The quantitative estimate of drug-likeness (QED) is 0.859. The fourth-order valence-corrected chi connectivity index (χ4v) is 3.38. The molecular formula is C16H29N3O. The molecule has 0 aromatic carbocycles. The zero-order valence-electron chi connectivity index (χ0n) is 13.4. The first-order valence-electron chi connectivity index (χ1n) is 8.22. The van der Waals surface area contributed by atoms with Crippen LogP contribution in [0.4, 0.5) is 0 Å². The van der Waals surface area contributed by atoms with Crippen LogP contribution >= 0.6 is 0 Å². The van der Waals surface area contributed by atoms with E-state index in [1.165, 1.54) is 25.7 Å². The highest BCUT2D eigenvalue weighted by molar-refractivity contribution is 5.02. The lowest BCUT2D eigenvalue weighted by Crippen LogP contribution is -2.33. The molecule has 1 heterocycles. The summed E-state index contributed by atoms with van der Waals surface area (Å²) in [7, 11) is 0. The van der Waals surface area contributed by atoms with E-state index in [2.05, 4.69) is 38.2 Å². The smallest absolute Gasteiger partial charge is 0.231 e. The van der Waals surface area contributed by atoms with Gasteiger partial charge >= 0.3 is 0 Å². The molecule has 1 aliphatic rings. The van der Waals surface area contributed by atoms with Gasteiger partial charge in [0.2, 0.25) is 5.89 Å². The summed E-state index contributed by atoms with van der Waals surface area (Å²) in [6, 6.07) is 0.415. The van der Waals surface area contributed by atoms with E-state index in [0.29, 0.717) is 12.0 Å². The van der Waals surface area contributed by atoms with Crippen LogP contribution in [0.2, 0.25) is 0 Å². The van der Waals surface area contributed by atoms with Crippen LogP contribution in [0, 0.1) is 5.92 Å². The second-order valence-corrected chi connectivity index (χ2v) is 6.32. The standard InChI is InChI=1S/C16H29N3O/c1-5-14(17-6-2)12(4)16-18-15(19-20-16)13-9-7-8-11(3)10-13/h11-14,17H,5-10H2,1-4H3. The number of nitrogens with zero attached hydrogens (tertiary/aromatic N) is 2. The van der Waals surface area contributed by atoms with Crippen molar-refractivity contribution in [3.05, 3.63) is 11.7 Å². The number of nitrogens with one attached hydrogen (secondary N) is 1. The second-order valence-electron chi connectivity index (χ2n) is 6.32. The molecule has 1 N–H and O–H groups in total. The van der Waals surface area contributed by atoms with Crippen molar-refractivity contribution < 1.29 is 4.52 Å². The van der Waals surface area contributed by atoms with E-state index in [0.717, 1.165) is 30.6 Å². The summed E-state index contributed by atoms with van der Waals surface area (Å²) in [5.74, 6) is 3.30. The van der Waals surface area contributed by atoms with E-state index in [4.69, 9.17) is 9.51 Å². The second kappa shape index (κ2) is 7.21. The Kier molecular flexibility index (Phi) is 5.58. The molecule has 1 aromatic rings. The molecule has 4 unspecified atom stereocenters. The molecule has 0 radical (unpaired) electrons. The first-order valence-corrected chi connectivity index (χ1v) is 8.22. The maximum atomic E-state index is 5.54. The maximum absolute atomic E-state index is 5.54. The predicted octanol–water partition coefficient (Wildman–Crippen LogP) is 3.85. The summed E-state index contributed by atoms with van der Waals surface area (Å²) >= 11 is 0. The van der Waals surface area contributed by atoms with Gasteiger partial charge in [0.25, 0.3) is 0 Å². The van der Waals surface area contributed by atoms with Crippen LogP contribution in [-0.2, 0) is 0 Å². The Hall–Kier alpha value is -0.900. The van der Waals surface area contributed by atoms with Gasteiger partial charge in [-0.3, -0.25) is 0 Å². The number of aromatic nitrogens is 2. The summed E-state index contributed by atoms with van der Waals surface area (Å²) in [5, 5.41) is 7.76. The predicted molar refractivity (Wildman–Crippen MR) is 80.8 cm³/mol. The van der Waals surface area contributed by atoms with E-state index in [9.17, 15) is 0 Å². The summed E-state index contributed by atoms with van der Waals surface area (Å²) in [4.78, 5) is 4.70. The van der Waals surface area contributed by atoms with Gasteiger partial charge in [0.1, 0.15) is 0 Å². The lowest BCUT2D eigenvalue weighted by molar-refractivity contribution is 0.305. The minimum absolute atomic E-state index is 0.280. The van der Waals surface area contributed by atoms with Crippen molar-refractivity contribution in [1.82, 2.24) is 15.5 Å². The van der Waals surface area contributed by atoms with Crippen molar-refractivity contribution in [3.63, 3.8) is 0 Å². The third-order valence-electron chi connectivity index (χ3n) is 4.66. The fraction of sp³-hybridized carbons (Fsp3) is 0.875. The highest BCUT2D eigenvalue weighted by atomic mass is 16.5. The lowest BCUT2D eigenvalue weighted by atomic mass is 9.82. The molecule has 4 nitrogen and oxygen atoms in total. The zero-order valence-corrected chi connectivity index (χ0v) is 13.4. The Balaban J connectivity index is 2.04. The summed E-state index contributed by atoms with van der Waals surface area (Å²) < 4.78 is 5.54. The van der Waals surface area contributed by atoms with Gasteiger partial charge in [0.05, 0.1) is 5.92 Å². The van der Waals surface area contributed by atoms with Crippen molar-refractivity contribution >= 4 is 0 Å². The SMILES string of the molecule is CCNC(CC)C(C)c1nc(C2CCCC(C)C2)no1. The molecule has 114 valence electrons. The van der Waals surface area contributed by atoms with Crippen LogP contribution in [0.15, 0.2) is 4.52 Å². The molecule has 0 spiro atoms. The van der Waals surface area contributed by atoms with Crippen LogP contribution in [0.25, 0.3) is 0 Å². The Bertz CT molecular complexity index is 404. The average Bonchev–Trinajstić information content (AvgIpc) is 2.94. The molecule has 4 heteroatoms. The molecule has 1 saturated carbocycles. The molecule has 0 amide bonds. The van der Waals surface area contributed by atoms with Crippen molar-refractivity contribution in [1.29, 1.82) is 0 Å². The van der Waals surface area contributed by atoms with Gasteiger partial charge in [-0.15, -0.1) is 0 Å². The zero-order chi connectivity index (χ0) is 14.5. The molecule has 0 aliphatic heterocycles. The van der Waals surface area contributed by atoms with Crippen molar-refractivity contribution in [2.75, 3.05) is 6.54 Å². The molecule has 2 rings (SSSR count). The van der Waals surface area contributed by atoms with E-state index < -0.39 is 0 Å². The topological polar surface area (TPSA) is 51.0 Å². The number of hydrogen-bond donors (Lipinski definition) is 1. The Morgan fingerprint density at radius 3 is 2.80 bits per heavy atom. The van der Waals surface area contributed by atoms with Gasteiger partial charge in [-0.25, -0.2) is 0 Å². The molecule has 4 atom stereocenters. The molecule has 0 bridgehead atoms. The highest BCUT2D eigenvalue weighted by Gasteiger charge is 2.27. The van der Waals surface area contributed by atoms with Gasteiger partial charge in [-0.2, -0.15) is 4.98 Å². The van der Waals surface area contributed by atoms with E-state index in [-0.39, 0.29) is 5.92 Å². The number of rotatable bonds is 6. The fourth-order valence-electron chi connectivity index (χ4n) is 3.38. The molecule has 1 aromatic heterocycles. The summed E-state index contributed by atoms with van der Waals surface area (Å²) in [5.41, 5.74) is 0. The first-order chi connectivity index (χ1) is 9.65. The van der Waals surface area contributed by atoms with Crippen molar-refractivity contribution in [2.45, 2.75) is 77.7 Å². The number of hydrogen-bond acceptors (Lipinski definition) is 4. The van der Waals surface area contributed by atoms with Crippen LogP contribution < -0.4 is 5.32 Å². The van der Waals surface area contributed by atoms with Crippen LogP contribution in [0.3, 0.4) is 0 Å². The van der Waals surface area contributed by atoms with Gasteiger partial charge in [-0.1, -0.05) is 45.7 Å². The Morgan fingerprint density at radius 2 is 2.15 bits per heavy atom. The average molecular weight is 279 g/mol. The van der Waals surface area contributed by atoms with E-state index in [1.54, 1.807) is 0 Å². The minimum Gasteiger partial charge on any atom is -0.339 e. The van der Waals surface area contributed by atoms with Crippen LogP contribution in [-0.4, -0.2) is 22.7 Å². The van der Waals surface area contributed by atoms with Crippen LogP contribution in [0.5, 0.6) is 0 Å². The molecule has 1 aliphatic carbocycles. The normalized spacial score (nSPS) is 26.4. The molecule has 20 heavy (non-hydrogen) atoms. The Morgan fingerprint density at radius 1 is 1.35 bits per heavy atom. The molecular weight excluding hydrogens is 250 g/mol. The third kappa shape index (κ3) is 3.60. The minimum atomic E-state index is 0.280. The van der Waals surface area contributed by atoms with Gasteiger partial charge < -0.3 is 9.84 Å². The van der Waals surface area contributed by atoms with E-state index in [1.807, 2.05) is 0 Å². The lowest BCUT2D eigenvalue weighted by Gasteiger charge is -2.24. The largest absolute Gasteiger partial charge is 0.339 e. The Labute approximate surface area is 122 Å². The summed E-state index contributed by atoms with van der Waals surface area (Å²) in [6.07, 6.45) is 6.13. The highest BCUT2D eigenvalue weighted by Crippen LogP contribution is 2.35. The molecule has 0 saturated heterocycles. The first kappa shape index (κ1) is 15.5. The van der Waals surface area contributed by atoms with Crippen molar-refractivity contribution in [2.24, 2.45) is 5.92 Å².